The first-order chi connectivity index (χ1) is 5.38. The van der Waals surface area contributed by atoms with Crippen molar-refractivity contribution in [1.82, 2.24) is 0 Å². The number of fused-ring (bicyclic) bond motifs is 1. The molecule has 1 aromatic rings. The van der Waals surface area contributed by atoms with E-state index >= 15 is 0 Å². The van der Waals surface area contributed by atoms with E-state index in [1.165, 1.54) is 0 Å². The maximum Gasteiger partial charge on any atom is 0.185 e. The number of carbonyl (C=O) groups is 1. The van der Waals surface area contributed by atoms with Gasteiger partial charge in [0.1, 0.15) is 0 Å². The summed E-state index contributed by atoms with van der Waals surface area (Å²) < 4.78 is 0. The first-order valence-electron chi connectivity index (χ1n) is 3.58. The van der Waals surface area contributed by atoms with Gasteiger partial charge in [0.25, 0.3) is 0 Å². The minimum absolute atomic E-state index is 0.100. The van der Waals surface area contributed by atoms with Gasteiger partial charge in [-0.1, -0.05) is 24.3 Å². The van der Waals surface area contributed by atoms with Crippen LogP contribution in [-0.2, 0) is 6.42 Å². The first kappa shape index (κ1) is 6.35. The van der Waals surface area contributed by atoms with Crippen LogP contribution in [0.15, 0.2) is 30.4 Å². The normalized spacial score (nSPS) is 14.7. The predicted molar refractivity (Wildman–Crippen MR) is 42.5 cm³/mol. The van der Waals surface area contributed by atoms with Crippen molar-refractivity contribution in [2.24, 2.45) is 0 Å². The fraction of sp³-hybridized carbons (Fsp3) is 0.100. The smallest absolute Gasteiger partial charge is 0.185 e. The minimum atomic E-state index is 0.100. The molecule has 0 heterocycles. The molecule has 0 spiro atoms. The molecule has 0 unspecified atom stereocenters. The number of benzene rings is 1. The highest BCUT2D eigenvalue weighted by atomic mass is 16.1. The Kier molecular flexibility index (Phi) is 1.35. The van der Waals surface area contributed by atoms with Crippen LogP contribution in [0.5, 0.6) is 0 Å². The Balaban J connectivity index is 2.59. The van der Waals surface area contributed by atoms with E-state index in [1.807, 2.05) is 24.3 Å². The zero-order valence-electron chi connectivity index (χ0n) is 6.00. The molecule has 0 atom stereocenters. The third kappa shape index (κ3) is 0.984. The quantitative estimate of drug-likeness (QED) is 0.541. The van der Waals surface area contributed by atoms with E-state index in [9.17, 15) is 4.79 Å². The molecular weight excluding hydrogens is 136 g/mol. The zero-order valence-corrected chi connectivity index (χ0v) is 6.00. The van der Waals surface area contributed by atoms with Crippen LogP contribution in [0, 0.1) is 6.07 Å². The second-order valence-electron chi connectivity index (χ2n) is 2.53. The molecule has 1 nitrogen and oxygen atoms in total. The summed E-state index contributed by atoms with van der Waals surface area (Å²) in [6, 6.07) is 8.57. The van der Waals surface area contributed by atoms with Gasteiger partial charge in [0.2, 0.25) is 0 Å². The van der Waals surface area contributed by atoms with Gasteiger partial charge in [-0.05, 0) is 24.1 Å². The van der Waals surface area contributed by atoms with Crippen LogP contribution in [0.4, 0.5) is 0 Å². The number of carbonyl (C=O) groups excluding carboxylic acids is 1. The number of hydrogen-bond acceptors (Lipinski definition) is 1. The third-order valence-electron chi connectivity index (χ3n) is 1.80. The topological polar surface area (TPSA) is 17.1 Å². The molecule has 53 valence electrons. The number of ketones is 1. The Labute approximate surface area is 65.4 Å². The summed E-state index contributed by atoms with van der Waals surface area (Å²) in [7, 11) is 0. The van der Waals surface area contributed by atoms with Crippen LogP contribution in [0.2, 0.25) is 0 Å². The Bertz CT molecular complexity index is 323. The van der Waals surface area contributed by atoms with Gasteiger partial charge in [-0.15, -0.1) is 0 Å². The molecule has 2 rings (SSSR count). The maximum atomic E-state index is 11.2. The van der Waals surface area contributed by atoms with E-state index in [1.54, 1.807) is 6.08 Å². The molecular formula is C10H7O. The van der Waals surface area contributed by atoms with E-state index in [4.69, 9.17) is 0 Å². The monoisotopic (exact) mass is 143 g/mol. The van der Waals surface area contributed by atoms with E-state index in [2.05, 4.69) is 6.07 Å². The van der Waals surface area contributed by atoms with Crippen LogP contribution < -0.4 is 0 Å². The standard InChI is InChI=1S/C10H7O/c11-10-7-3-5-8-4-1-2-6-9(8)10/h1-3,6-7H,5H2. The molecule has 0 aliphatic heterocycles. The lowest BCUT2D eigenvalue weighted by atomic mass is 9.96. The van der Waals surface area contributed by atoms with Crippen molar-refractivity contribution in [3.05, 3.63) is 47.5 Å². The van der Waals surface area contributed by atoms with E-state index in [0.717, 1.165) is 17.5 Å². The lowest BCUT2D eigenvalue weighted by Crippen LogP contribution is -2.04. The van der Waals surface area contributed by atoms with Gasteiger partial charge in [-0.25, -0.2) is 0 Å². The van der Waals surface area contributed by atoms with Crippen molar-refractivity contribution < 1.29 is 4.79 Å². The average Bonchev–Trinajstić information content (AvgIpc) is 2.06. The molecule has 0 fully saturated rings. The fourth-order valence-corrected chi connectivity index (χ4v) is 1.24. The Morgan fingerprint density at radius 2 is 2.36 bits per heavy atom. The highest BCUT2D eigenvalue weighted by molar-refractivity contribution is 6.06. The lowest BCUT2D eigenvalue weighted by molar-refractivity contribution is 0.104. The maximum absolute atomic E-state index is 11.2. The summed E-state index contributed by atoms with van der Waals surface area (Å²) in [4.78, 5) is 11.2. The summed E-state index contributed by atoms with van der Waals surface area (Å²) in [5.74, 6) is 0.100. The van der Waals surface area contributed by atoms with Gasteiger partial charge in [0.15, 0.2) is 5.78 Å². The molecule has 0 aromatic heterocycles. The van der Waals surface area contributed by atoms with Crippen LogP contribution >= 0.6 is 0 Å². The largest absolute Gasteiger partial charge is 0.289 e. The average molecular weight is 143 g/mol. The van der Waals surface area contributed by atoms with Gasteiger partial charge in [0, 0.05) is 5.56 Å². The van der Waals surface area contributed by atoms with Crippen molar-refractivity contribution in [3.8, 4) is 0 Å². The summed E-state index contributed by atoms with van der Waals surface area (Å²) in [5.41, 5.74) is 1.81. The fourth-order valence-electron chi connectivity index (χ4n) is 1.24. The van der Waals surface area contributed by atoms with Crippen molar-refractivity contribution in [3.63, 3.8) is 0 Å². The molecule has 0 saturated carbocycles. The number of rotatable bonds is 0. The summed E-state index contributed by atoms with van der Waals surface area (Å²) in [6.45, 7) is 0. The summed E-state index contributed by atoms with van der Waals surface area (Å²) in [6.07, 6.45) is 4.33. The molecule has 1 radical (unpaired) electrons. The van der Waals surface area contributed by atoms with E-state index < -0.39 is 0 Å². The number of hydrogen-bond donors (Lipinski definition) is 0. The van der Waals surface area contributed by atoms with Crippen LogP contribution in [0.3, 0.4) is 0 Å². The van der Waals surface area contributed by atoms with Crippen LogP contribution in [-0.4, -0.2) is 5.78 Å². The van der Waals surface area contributed by atoms with E-state index in [0.29, 0.717) is 0 Å². The van der Waals surface area contributed by atoms with Crippen molar-refractivity contribution in [1.29, 1.82) is 0 Å². The predicted octanol–water partition coefficient (Wildman–Crippen LogP) is 1.78. The molecule has 0 bridgehead atoms. The van der Waals surface area contributed by atoms with Crippen LogP contribution in [0.25, 0.3) is 0 Å². The van der Waals surface area contributed by atoms with Crippen LogP contribution in [0.1, 0.15) is 15.9 Å². The number of allylic oxidation sites excluding steroid dienone is 2. The van der Waals surface area contributed by atoms with Crippen molar-refractivity contribution >= 4 is 5.78 Å². The van der Waals surface area contributed by atoms with Gasteiger partial charge in [0.05, 0.1) is 0 Å². The second-order valence-corrected chi connectivity index (χ2v) is 2.53. The van der Waals surface area contributed by atoms with Gasteiger partial charge in [-0.2, -0.15) is 0 Å². The molecule has 1 aliphatic rings. The zero-order chi connectivity index (χ0) is 7.68. The molecule has 1 aliphatic carbocycles. The SMILES string of the molecule is O=C1C=CCc2[c]cccc21. The Hall–Kier alpha value is -1.37. The highest BCUT2D eigenvalue weighted by Gasteiger charge is 2.10. The van der Waals surface area contributed by atoms with Gasteiger partial charge < -0.3 is 0 Å². The van der Waals surface area contributed by atoms with Crippen molar-refractivity contribution in [2.75, 3.05) is 0 Å². The minimum Gasteiger partial charge on any atom is -0.289 e. The third-order valence-corrected chi connectivity index (χ3v) is 1.80. The van der Waals surface area contributed by atoms with E-state index in [-0.39, 0.29) is 5.78 Å². The van der Waals surface area contributed by atoms with Gasteiger partial charge in [-0.3, -0.25) is 4.79 Å². The highest BCUT2D eigenvalue weighted by Crippen LogP contribution is 2.14. The Morgan fingerprint density at radius 1 is 1.45 bits per heavy atom. The molecule has 11 heavy (non-hydrogen) atoms. The first-order valence-corrected chi connectivity index (χ1v) is 3.58. The molecule has 0 saturated heterocycles. The van der Waals surface area contributed by atoms with Crippen molar-refractivity contribution in [2.45, 2.75) is 6.42 Å². The second kappa shape index (κ2) is 2.35. The molecule has 1 heteroatoms. The summed E-state index contributed by atoms with van der Waals surface area (Å²) >= 11 is 0. The molecule has 0 N–H and O–H groups in total. The molecule has 1 aromatic carbocycles. The Morgan fingerprint density at radius 3 is 3.18 bits per heavy atom. The lowest BCUT2D eigenvalue weighted by Gasteiger charge is -2.07. The van der Waals surface area contributed by atoms with Gasteiger partial charge >= 0.3 is 0 Å². The molecule has 0 amide bonds. The summed E-state index contributed by atoms with van der Waals surface area (Å²) in [5, 5.41) is 0.